The molecule has 0 N–H and O–H groups in total. The summed E-state index contributed by atoms with van der Waals surface area (Å²) in [6, 6.07) is 8.85. The average molecular weight is 395 g/mol. The van der Waals surface area contributed by atoms with Gasteiger partial charge in [0.2, 0.25) is 0 Å². The summed E-state index contributed by atoms with van der Waals surface area (Å²) < 4.78 is 0. The zero-order chi connectivity index (χ0) is 20.7. The van der Waals surface area contributed by atoms with Crippen LogP contribution in [-0.4, -0.2) is 9.97 Å². The van der Waals surface area contributed by atoms with Gasteiger partial charge in [-0.3, -0.25) is 0 Å². The fraction of sp³-hybridized carbons (Fsp3) is 0.630. The van der Waals surface area contributed by atoms with E-state index in [1.807, 2.05) is 12.4 Å². The van der Waals surface area contributed by atoms with Crippen LogP contribution >= 0.6 is 0 Å². The highest BCUT2D eigenvalue weighted by atomic mass is 14.9. The highest BCUT2D eigenvalue weighted by Crippen LogP contribution is 2.18. The minimum atomic E-state index is 0.834. The number of hydrogen-bond donors (Lipinski definition) is 0. The van der Waals surface area contributed by atoms with Gasteiger partial charge in [0, 0.05) is 18.0 Å². The summed E-state index contributed by atoms with van der Waals surface area (Å²) in [5, 5.41) is 0. The molecule has 2 heteroatoms. The Labute approximate surface area is 179 Å². The first-order valence-corrected chi connectivity index (χ1v) is 12.1. The SMILES string of the molecule is CCCCCCCCc1ccc(-c2ncc(CCCCCCC(C)C)cn2)cc1. The highest BCUT2D eigenvalue weighted by molar-refractivity contribution is 5.55. The van der Waals surface area contributed by atoms with E-state index in [-0.39, 0.29) is 0 Å². The summed E-state index contributed by atoms with van der Waals surface area (Å²) in [6.45, 7) is 6.89. The predicted molar refractivity (Wildman–Crippen MR) is 126 cm³/mol. The van der Waals surface area contributed by atoms with Gasteiger partial charge in [0.05, 0.1) is 0 Å². The van der Waals surface area contributed by atoms with Crippen molar-refractivity contribution in [3.8, 4) is 11.4 Å². The van der Waals surface area contributed by atoms with Crippen molar-refractivity contribution < 1.29 is 0 Å². The Hall–Kier alpha value is -1.70. The number of rotatable bonds is 15. The minimum absolute atomic E-state index is 0.834. The number of aryl methyl sites for hydroxylation is 2. The second kappa shape index (κ2) is 14.3. The van der Waals surface area contributed by atoms with Gasteiger partial charge in [0.1, 0.15) is 0 Å². The van der Waals surface area contributed by atoms with Crippen LogP contribution in [0.15, 0.2) is 36.7 Å². The first-order valence-electron chi connectivity index (χ1n) is 12.1. The summed E-state index contributed by atoms with van der Waals surface area (Å²) >= 11 is 0. The Morgan fingerprint density at radius 2 is 1.21 bits per heavy atom. The number of aromatic nitrogens is 2. The van der Waals surface area contributed by atoms with Gasteiger partial charge in [0.25, 0.3) is 0 Å². The average Bonchev–Trinajstić information content (AvgIpc) is 2.74. The quantitative estimate of drug-likeness (QED) is 0.284. The molecule has 0 bridgehead atoms. The van der Waals surface area contributed by atoms with E-state index in [2.05, 4.69) is 55.0 Å². The first-order chi connectivity index (χ1) is 14.2. The maximum Gasteiger partial charge on any atom is 0.159 e. The van der Waals surface area contributed by atoms with E-state index in [0.29, 0.717) is 0 Å². The van der Waals surface area contributed by atoms with Crippen LogP contribution < -0.4 is 0 Å². The largest absolute Gasteiger partial charge is 0.236 e. The Bertz CT molecular complexity index is 643. The van der Waals surface area contributed by atoms with Crippen molar-refractivity contribution in [1.29, 1.82) is 0 Å². The van der Waals surface area contributed by atoms with E-state index in [0.717, 1.165) is 23.7 Å². The predicted octanol–water partition coefficient (Wildman–Crippen LogP) is 8.20. The Balaban J connectivity index is 1.69. The Morgan fingerprint density at radius 3 is 1.83 bits per heavy atom. The number of nitrogens with zero attached hydrogens (tertiary/aromatic N) is 2. The molecule has 2 rings (SSSR count). The van der Waals surface area contributed by atoms with Crippen LogP contribution in [-0.2, 0) is 12.8 Å². The summed E-state index contributed by atoms with van der Waals surface area (Å²) in [5.74, 6) is 1.68. The van der Waals surface area contributed by atoms with Crippen LogP contribution in [0.3, 0.4) is 0 Å². The summed E-state index contributed by atoms with van der Waals surface area (Å²) in [5.41, 5.74) is 3.81. The third-order valence-electron chi connectivity index (χ3n) is 5.73. The van der Waals surface area contributed by atoms with Crippen LogP contribution in [0, 0.1) is 5.92 Å². The van der Waals surface area contributed by atoms with Crippen molar-refractivity contribution in [3.63, 3.8) is 0 Å². The van der Waals surface area contributed by atoms with E-state index < -0.39 is 0 Å². The molecule has 0 fully saturated rings. The summed E-state index contributed by atoms with van der Waals surface area (Å²) in [6.07, 6.45) is 21.1. The van der Waals surface area contributed by atoms with Crippen molar-refractivity contribution >= 4 is 0 Å². The molecule has 0 radical (unpaired) electrons. The zero-order valence-corrected chi connectivity index (χ0v) is 19.1. The van der Waals surface area contributed by atoms with Gasteiger partial charge < -0.3 is 0 Å². The van der Waals surface area contributed by atoms with E-state index in [1.165, 1.54) is 88.2 Å². The van der Waals surface area contributed by atoms with Crippen LogP contribution in [0.2, 0.25) is 0 Å². The zero-order valence-electron chi connectivity index (χ0n) is 19.1. The van der Waals surface area contributed by atoms with Gasteiger partial charge in [-0.05, 0) is 42.7 Å². The van der Waals surface area contributed by atoms with Crippen LogP contribution in [0.5, 0.6) is 0 Å². The molecule has 0 aliphatic carbocycles. The molecule has 160 valence electrons. The normalized spacial score (nSPS) is 11.3. The molecule has 0 spiro atoms. The molecule has 2 aromatic rings. The monoisotopic (exact) mass is 394 g/mol. The van der Waals surface area contributed by atoms with Crippen LogP contribution in [0.25, 0.3) is 11.4 Å². The molecular formula is C27H42N2. The molecule has 0 unspecified atom stereocenters. The fourth-order valence-electron chi connectivity index (χ4n) is 3.80. The van der Waals surface area contributed by atoms with Crippen molar-refractivity contribution in [2.45, 2.75) is 104 Å². The number of unbranched alkanes of at least 4 members (excludes halogenated alkanes) is 8. The molecule has 0 aliphatic rings. The topological polar surface area (TPSA) is 25.8 Å². The van der Waals surface area contributed by atoms with Gasteiger partial charge in [-0.2, -0.15) is 0 Å². The number of benzene rings is 1. The van der Waals surface area contributed by atoms with Crippen LogP contribution in [0.1, 0.15) is 103 Å². The van der Waals surface area contributed by atoms with Crippen LogP contribution in [0.4, 0.5) is 0 Å². The third-order valence-corrected chi connectivity index (χ3v) is 5.73. The van der Waals surface area contributed by atoms with E-state index in [1.54, 1.807) is 0 Å². The van der Waals surface area contributed by atoms with Gasteiger partial charge in [-0.15, -0.1) is 0 Å². The third kappa shape index (κ3) is 10.1. The first kappa shape index (κ1) is 23.6. The molecule has 2 nitrogen and oxygen atoms in total. The summed E-state index contributed by atoms with van der Waals surface area (Å²) in [4.78, 5) is 9.22. The fourth-order valence-corrected chi connectivity index (χ4v) is 3.80. The van der Waals surface area contributed by atoms with Crippen molar-refractivity contribution in [1.82, 2.24) is 9.97 Å². The second-order valence-electron chi connectivity index (χ2n) is 8.98. The summed E-state index contributed by atoms with van der Waals surface area (Å²) in [7, 11) is 0. The van der Waals surface area contributed by atoms with E-state index >= 15 is 0 Å². The van der Waals surface area contributed by atoms with E-state index in [4.69, 9.17) is 0 Å². The smallest absolute Gasteiger partial charge is 0.159 e. The van der Waals surface area contributed by atoms with E-state index in [9.17, 15) is 0 Å². The van der Waals surface area contributed by atoms with Gasteiger partial charge in [-0.25, -0.2) is 9.97 Å². The standard InChI is InChI=1S/C27H42N2/c1-4-5-6-7-8-12-15-24-17-19-26(20-18-24)27-28-21-25(22-29-27)16-13-10-9-11-14-23(2)3/h17-23H,4-16H2,1-3H3. The molecule has 0 aliphatic heterocycles. The minimum Gasteiger partial charge on any atom is -0.236 e. The van der Waals surface area contributed by atoms with Crippen molar-refractivity contribution in [2.75, 3.05) is 0 Å². The Morgan fingerprint density at radius 1 is 0.655 bits per heavy atom. The lowest BCUT2D eigenvalue weighted by molar-refractivity contribution is 0.520. The van der Waals surface area contributed by atoms with Gasteiger partial charge in [0.15, 0.2) is 5.82 Å². The molecular weight excluding hydrogens is 352 g/mol. The molecule has 0 saturated carbocycles. The maximum atomic E-state index is 4.61. The lowest BCUT2D eigenvalue weighted by atomic mass is 10.0. The molecule has 1 heterocycles. The second-order valence-corrected chi connectivity index (χ2v) is 8.98. The molecule has 0 saturated heterocycles. The number of hydrogen-bond acceptors (Lipinski definition) is 2. The maximum absolute atomic E-state index is 4.61. The molecule has 0 atom stereocenters. The highest BCUT2D eigenvalue weighted by Gasteiger charge is 2.03. The lowest BCUT2D eigenvalue weighted by Gasteiger charge is -2.06. The Kier molecular flexibility index (Phi) is 11.6. The van der Waals surface area contributed by atoms with Gasteiger partial charge >= 0.3 is 0 Å². The molecule has 1 aromatic carbocycles. The molecule has 1 aromatic heterocycles. The van der Waals surface area contributed by atoms with Gasteiger partial charge in [-0.1, -0.05) is 103 Å². The molecule has 29 heavy (non-hydrogen) atoms. The molecule has 0 amide bonds. The van der Waals surface area contributed by atoms with Crippen molar-refractivity contribution in [3.05, 3.63) is 47.8 Å². The lowest BCUT2D eigenvalue weighted by Crippen LogP contribution is -1.94. The van der Waals surface area contributed by atoms with Crippen molar-refractivity contribution in [2.24, 2.45) is 5.92 Å².